The molecular formula is C17H15N3O5. The molecule has 8 heteroatoms. The molecule has 0 saturated heterocycles. The summed E-state index contributed by atoms with van der Waals surface area (Å²) < 4.78 is 17.5. The van der Waals surface area contributed by atoms with Crippen LogP contribution in [0.3, 0.4) is 0 Å². The van der Waals surface area contributed by atoms with Crippen LogP contribution in [0.4, 0.5) is 0 Å². The lowest BCUT2D eigenvalue weighted by Crippen LogP contribution is -2.15. The van der Waals surface area contributed by atoms with E-state index < -0.39 is 11.5 Å². The molecule has 1 N–H and O–H groups in total. The summed E-state index contributed by atoms with van der Waals surface area (Å²) in [5.74, 6) is 0.736. The molecule has 0 bridgehead atoms. The predicted octanol–water partition coefficient (Wildman–Crippen LogP) is 1.64. The topological polar surface area (TPSA) is 94.9 Å². The molecule has 0 atom stereocenters. The average Bonchev–Trinajstić information content (AvgIpc) is 3.06. The number of hydrogen-bond acceptors (Lipinski definition) is 6. The van der Waals surface area contributed by atoms with E-state index in [2.05, 4.69) is 9.97 Å². The lowest BCUT2D eigenvalue weighted by molar-refractivity contribution is 0.0520. The van der Waals surface area contributed by atoms with E-state index in [-0.39, 0.29) is 17.9 Å². The third-order valence-electron chi connectivity index (χ3n) is 3.79. The second-order valence-corrected chi connectivity index (χ2v) is 5.43. The number of nitrogens with zero attached hydrogens (tertiary/aromatic N) is 2. The van der Waals surface area contributed by atoms with Crippen molar-refractivity contribution in [3.8, 4) is 22.8 Å². The van der Waals surface area contributed by atoms with Gasteiger partial charge < -0.3 is 19.2 Å². The summed E-state index contributed by atoms with van der Waals surface area (Å²) in [5, 5.41) is 0. The normalized spacial score (nSPS) is 13.0. The van der Waals surface area contributed by atoms with Crippen LogP contribution in [-0.2, 0) is 4.74 Å². The fraction of sp³-hybridized carbons (Fsp3) is 0.235. The van der Waals surface area contributed by atoms with Gasteiger partial charge in [0.1, 0.15) is 13.2 Å². The molecule has 1 aliphatic rings. The summed E-state index contributed by atoms with van der Waals surface area (Å²) in [5.41, 5.74) is 1.15. The Morgan fingerprint density at radius 1 is 1.28 bits per heavy atom. The number of H-pyrrole nitrogens is 1. The third kappa shape index (κ3) is 2.71. The zero-order valence-corrected chi connectivity index (χ0v) is 13.4. The highest BCUT2D eigenvalue weighted by Gasteiger charge is 2.16. The van der Waals surface area contributed by atoms with Crippen LogP contribution in [0, 0.1) is 0 Å². The fourth-order valence-corrected chi connectivity index (χ4v) is 2.67. The molecule has 0 radical (unpaired) electrons. The van der Waals surface area contributed by atoms with Crippen LogP contribution in [0.2, 0.25) is 0 Å². The average molecular weight is 341 g/mol. The maximum atomic E-state index is 12.3. The predicted molar refractivity (Wildman–Crippen MR) is 88.2 cm³/mol. The van der Waals surface area contributed by atoms with Gasteiger partial charge in [-0.05, 0) is 25.1 Å². The smallest absolute Gasteiger partial charge is 0.358 e. The zero-order valence-electron chi connectivity index (χ0n) is 13.4. The SMILES string of the molecule is CCOC(=O)c1cn2cc(-c3ccc4c(c3)OCCO4)[nH]c(=O)c2n1. The molecule has 3 heterocycles. The van der Waals surface area contributed by atoms with Crippen LogP contribution >= 0.6 is 0 Å². The number of ether oxygens (including phenoxy) is 3. The monoisotopic (exact) mass is 341 g/mol. The van der Waals surface area contributed by atoms with E-state index in [0.717, 1.165) is 5.56 Å². The van der Waals surface area contributed by atoms with Gasteiger partial charge in [0, 0.05) is 18.0 Å². The molecule has 0 amide bonds. The molecule has 1 aliphatic heterocycles. The van der Waals surface area contributed by atoms with Crippen LogP contribution in [0.25, 0.3) is 16.9 Å². The van der Waals surface area contributed by atoms with Gasteiger partial charge in [0.2, 0.25) is 5.65 Å². The first-order chi connectivity index (χ1) is 12.2. The lowest BCUT2D eigenvalue weighted by atomic mass is 10.1. The fourth-order valence-electron chi connectivity index (χ4n) is 2.67. The van der Waals surface area contributed by atoms with Gasteiger partial charge in [-0.1, -0.05) is 0 Å². The van der Waals surface area contributed by atoms with E-state index in [1.165, 1.54) is 10.6 Å². The van der Waals surface area contributed by atoms with E-state index in [4.69, 9.17) is 14.2 Å². The maximum absolute atomic E-state index is 12.3. The van der Waals surface area contributed by atoms with E-state index >= 15 is 0 Å². The Labute approximate surface area is 142 Å². The molecule has 0 aliphatic carbocycles. The van der Waals surface area contributed by atoms with Crippen LogP contribution in [-0.4, -0.2) is 40.2 Å². The Hall–Kier alpha value is -3.29. The van der Waals surface area contributed by atoms with Gasteiger partial charge in [-0.25, -0.2) is 9.78 Å². The van der Waals surface area contributed by atoms with Crippen LogP contribution in [0.5, 0.6) is 11.5 Å². The molecule has 1 aromatic carbocycles. The van der Waals surface area contributed by atoms with Gasteiger partial charge in [-0.15, -0.1) is 0 Å². The summed E-state index contributed by atoms with van der Waals surface area (Å²) in [4.78, 5) is 30.9. The number of rotatable bonds is 3. The minimum absolute atomic E-state index is 0.0895. The van der Waals surface area contributed by atoms with Gasteiger partial charge in [0.15, 0.2) is 17.2 Å². The number of esters is 1. The first-order valence-corrected chi connectivity index (χ1v) is 7.85. The number of benzene rings is 1. The van der Waals surface area contributed by atoms with Crippen molar-refractivity contribution >= 4 is 11.6 Å². The molecule has 0 spiro atoms. The van der Waals surface area contributed by atoms with Crippen LogP contribution in [0.1, 0.15) is 17.4 Å². The number of carbonyl (C=O) groups is 1. The van der Waals surface area contributed by atoms with Gasteiger partial charge >= 0.3 is 5.97 Å². The second kappa shape index (κ2) is 5.97. The third-order valence-corrected chi connectivity index (χ3v) is 3.79. The molecule has 2 aromatic heterocycles. The highest BCUT2D eigenvalue weighted by Crippen LogP contribution is 2.33. The van der Waals surface area contributed by atoms with E-state index in [9.17, 15) is 9.59 Å². The van der Waals surface area contributed by atoms with Crippen molar-refractivity contribution in [3.05, 3.63) is 46.6 Å². The van der Waals surface area contributed by atoms with Gasteiger partial charge in [-0.3, -0.25) is 9.20 Å². The molecule has 0 saturated carbocycles. The van der Waals surface area contributed by atoms with Gasteiger partial charge in [-0.2, -0.15) is 0 Å². The summed E-state index contributed by atoms with van der Waals surface area (Å²) in [7, 11) is 0. The molecule has 25 heavy (non-hydrogen) atoms. The Morgan fingerprint density at radius 2 is 2.08 bits per heavy atom. The maximum Gasteiger partial charge on any atom is 0.358 e. The highest BCUT2D eigenvalue weighted by molar-refractivity contribution is 5.88. The van der Waals surface area contributed by atoms with Gasteiger partial charge in [0.05, 0.1) is 12.3 Å². The summed E-state index contributed by atoms with van der Waals surface area (Å²) in [6, 6.07) is 5.42. The van der Waals surface area contributed by atoms with Crippen LogP contribution in [0.15, 0.2) is 35.4 Å². The number of aromatic amines is 1. The van der Waals surface area contributed by atoms with Crippen molar-refractivity contribution in [2.24, 2.45) is 0 Å². The molecule has 0 fully saturated rings. The number of aromatic nitrogens is 3. The molecule has 128 valence electrons. The Bertz CT molecular complexity index is 1020. The van der Waals surface area contributed by atoms with Crippen molar-refractivity contribution in [2.75, 3.05) is 19.8 Å². The van der Waals surface area contributed by atoms with Gasteiger partial charge in [0.25, 0.3) is 5.56 Å². The van der Waals surface area contributed by atoms with Crippen molar-refractivity contribution in [3.63, 3.8) is 0 Å². The van der Waals surface area contributed by atoms with E-state index in [0.29, 0.717) is 30.4 Å². The number of hydrogen-bond donors (Lipinski definition) is 1. The number of carbonyl (C=O) groups excluding carboxylic acids is 1. The summed E-state index contributed by atoms with van der Waals surface area (Å²) in [6.07, 6.45) is 3.17. The second-order valence-electron chi connectivity index (χ2n) is 5.43. The number of fused-ring (bicyclic) bond motifs is 2. The Morgan fingerprint density at radius 3 is 2.88 bits per heavy atom. The van der Waals surface area contributed by atoms with Crippen molar-refractivity contribution in [2.45, 2.75) is 6.92 Å². The largest absolute Gasteiger partial charge is 0.486 e. The summed E-state index contributed by atoms with van der Waals surface area (Å²) >= 11 is 0. The molecule has 8 nitrogen and oxygen atoms in total. The van der Waals surface area contributed by atoms with Crippen molar-refractivity contribution in [1.82, 2.24) is 14.4 Å². The zero-order chi connectivity index (χ0) is 17.4. The van der Waals surface area contributed by atoms with Crippen LogP contribution < -0.4 is 15.0 Å². The molecular weight excluding hydrogens is 326 g/mol. The number of imidazole rings is 1. The Balaban J connectivity index is 1.78. The first-order valence-electron chi connectivity index (χ1n) is 7.85. The van der Waals surface area contributed by atoms with E-state index in [1.807, 2.05) is 6.07 Å². The van der Waals surface area contributed by atoms with Crippen molar-refractivity contribution < 1.29 is 19.0 Å². The molecule has 3 aromatic rings. The summed E-state index contributed by atoms with van der Waals surface area (Å²) in [6.45, 7) is 2.95. The minimum Gasteiger partial charge on any atom is -0.486 e. The minimum atomic E-state index is -0.563. The number of nitrogens with one attached hydrogen (secondary N) is 1. The standard InChI is InChI=1S/C17H15N3O5/c1-2-23-17(22)12-9-20-8-11(19-16(21)15(20)18-12)10-3-4-13-14(7-10)25-6-5-24-13/h3-4,7-9H,2,5-6H2,1H3,(H,19,21). The Kier molecular flexibility index (Phi) is 3.64. The first kappa shape index (κ1) is 15.3. The highest BCUT2D eigenvalue weighted by atomic mass is 16.6. The molecule has 0 unspecified atom stereocenters. The lowest BCUT2D eigenvalue weighted by Gasteiger charge is -2.18. The quantitative estimate of drug-likeness (QED) is 0.728. The van der Waals surface area contributed by atoms with Crippen molar-refractivity contribution in [1.29, 1.82) is 0 Å². The van der Waals surface area contributed by atoms with E-state index in [1.54, 1.807) is 25.3 Å². The molecule has 4 rings (SSSR count).